The Morgan fingerprint density at radius 1 is 0.793 bits per heavy atom. The molecule has 2 rings (SSSR count). The van der Waals surface area contributed by atoms with Gasteiger partial charge in [0.1, 0.15) is 0 Å². The summed E-state index contributed by atoms with van der Waals surface area (Å²) in [5.74, 6) is -5.26. The average molecular weight is 467 g/mol. The first-order valence-corrected chi connectivity index (χ1v) is 8.99. The lowest BCUT2D eigenvalue weighted by atomic mass is 9.81. The number of rotatable bonds is 6. The van der Waals surface area contributed by atoms with Crippen molar-refractivity contribution in [2.45, 2.75) is 49.3 Å². The summed E-state index contributed by atoms with van der Waals surface area (Å²) in [5, 5.41) is -7.58. The third kappa shape index (κ3) is 3.90. The summed E-state index contributed by atoms with van der Waals surface area (Å²) in [6.07, 6.45) is -19.9. The predicted octanol–water partition coefficient (Wildman–Crippen LogP) is 2.78. The predicted molar refractivity (Wildman–Crippen MR) is 69.3 cm³/mol. The quantitative estimate of drug-likeness (QED) is 0.441. The number of carbonyl (C=O) groups is 2. The fraction of sp³-hybridized carbons (Fsp3) is 0.833. The number of hydrogen-bond donors (Lipinski definition) is 0. The molecule has 0 aromatic rings. The second-order valence-corrected chi connectivity index (χ2v) is 7.72. The minimum atomic E-state index is -7.15. The monoisotopic (exact) mass is 467 g/mol. The number of fused-ring (bicyclic) bond motifs is 1. The second-order valence-electron chi connectivity index (χ2n) is 6.15. The average Bonchev–Trinajstić information content (AvgIpc) is 2.78. The van der Waals surface area contributed by atoms with Crippen LogP contribution >= 0.6 is 0 Å². The van der Waals surface area contributed by atoms with Gasteiger partial charge in [0, 0.05) is 0 Å². The lowest BCUT2D eigenvalue weighted by Gasteiger charge is -2.29. The first-order valence-electron chi connectivity index (χ1n) is 7.58. The molecule has 1 saturated heterocycles. The Hall–Kier alpha value is -1.62. The van der Waals surface area contributed by atoms with Crippen LogP contribution < -0.4 is 0 Å². The zero-order chi connectivity index (χ0) is 22.6. The van der Waals surface area contributed by atoms with Gasteiger partial charge in [-0.2, -0.15) is 47.9 Å². The molecule has 1 heterocycles. The highest BCUT2D eigenvalue weighted by molar-refractivity contribution is 7.87. The fourth-order valence-electron chi connectivity index (χ4n) is 2.77. The topological polar surface area (TPSA) is 90.0 Å². The van der Waals surface area contributed by atoms with Crippen LogP contribution in [-0.2, 0) is 28.7 Å². The standard InChI is InChI=1S/C12H10F9NO6S/c13-9(14,15)10(16,17)27-11(18,19)12(20,21)29(25,26)28-22-7(23)5-3-1-2-4-6(5)8(22)24/h5-6H,1-4H2. The van der Waals surface area contributed by atoms with Crippen LogP contribution in [0.3, 0.4) is 0 Å². The van der Waals surface area contributed by atoms with Gasteiger partial charge in [0.25, 0.3) is 11.8 Å². The second kappa shape index (κ2) is 6.97. The zero-order valence-electron chi connectivity index (χ0n) is 13.7. The molecule has 1 aliphatic heterocycles. The van der Waals surface area contributed by atoms with E-state index in [0.29, 0.717) is 12.8 Å². The van der Waals surface area contributed by atoms with Gasteiger partial charge in [-0.15, -0.1) is 9.35 Å². The molecule has 7 nitrogen and oxygen atoms in total. The molecule has 0 N–H and O–H groups in total. The third-order valence-corrected chi connectivity index (χ3v) is 5.42. The fourth-order valence-corrected chi connectivity index (χ4v) is 3.54. The lowest BCUT2D eigenvalue weighted by molar-refractivity contribution is -0.476. The molecule has 2 unspecified atom stereocenters. The van der Waals surface area contributed by atoms with Crippen molar-refractivity contribution in [3.05, 3.63) is 0 Å². The van der Waals surface area contributed by atoms with Gasteiger partial charge in [0.2, 0.25) is 0 Å². The van der Waals surface area contributed by atoms with Crippen molar-refractivity contribution in [3.63, 3.8) is 0 Å². The molecule has 168 valence electrons. The first-order chi connectivity index (χ1) is 12.9. The highest BCUT2D eigenvalue weighted by atomic mass is 32.2. The van der Waals surface area contributed by atoms with E-state index in [1.54, 1.807) is 4.74 Å². The van der Waals surface area contributed by atoms with E-state index in [1.807, 2.05) is 0 Å². The smallest absolute Gasteiger partial charge is 0.272 e. The highest BCUT2D eigenvalue weighted by Crippen LogP contribution is 2.48. The van der Waals surface area contributed by atoms with E-state index in [4.69, 9.17) is 0 Å². The molecule has 1 aliphatic carbocycles. The van der Waals surface area contributed by atoms with Crippen molar-refractivity contribution in [1.29, 1.82) is 0 Å². The largest absolute Gasteiger partial charge is 0.483 e. The number of carbonyl (C=O) groups excluding carboxylic acids is 2. The van der Waals surface area contributed by atoms with Crippen LogP contribution in [0.5, 0.6) is 0 Å². The van der Waals surface area contributed by atoms with E-state index in [-0.39, 0.29) is 12.8 Å². The highest BCUT2D eigenvalue weighted by Gasteiger charge is 2.76. The Kier molecular flexibility index (Phi) is 5.68. The van der Waals surface area contributed by atoms with E-state index in [2.05, 4.69) is 4.28 Å². The van der Waals surface area contributed by atoms with E-state index in [9.17, 15) is 57.5 Å². The summed E-state index contributed by atoms with van der Waals surface area (Å²) in [6, 6.07) is 0. The molecule has 1 saturated carbocycles. The van der Waals surface area contributed by atoms with Gasteiger partial charge in [-0.25, -0.2) is 4.74 Å². The number of halogens is 9. The van der Waals surface area contributed by atoms with Crippen LogP contribution in [0.4, 0.5) is 39.5 Å². The maximum atomic E-state index is 13.6. The molecule has 0 bridgehead atoms. The van der Waals surface area contributed by atoms with E-state index in [1.165, 1.54) is 0 Å². The van der Waals surface area contributed by atoms with Crippen molar-refractivity contribution < 1.29 is 66.5 Å². The van der Waals surface area contributed by atoms with E-state index < -0.39 is 62.5 Å². The number of hydroxylamine groups is 2. The summed E-state index contributed by atoms with van der Waals surface area (Å²) >= 11 is 0. The summed E-state index contributed by atoms with van der Waals surface area (Å²) < 4.78 is 143. The van der Waals surface area contributed by atoms with Gasteiger partial charge >= 0.3 is 33.8 Å². The minimum Gasteiger partial charge on any atom is -0.272 e. The van der Waals surface area contributed by atoms with Gasteiger partial charge in [-0.1, -0.05) is 12.8 Å². The number of ether oxygens (including phenoxy) is 1. The molecule has 0 aromatic carbocycles. The Bertz CT molecular complexity index is 772. The van der Waals surface area contributed by atoms with Crippen LogP contribution in [0, 0.1) is 11.8 Å². The van der Waals surface area contributed by atoms with Gasteiger partial charge in [0.15, 0.2) is 0 Å². The SMILES string of the molecule is O=C1C2CCCCC2C(=O)N1OS(=O)(=O)C(F)(F)C(F)(F)OC(F)(F)C(F)(F)F. The van der Waals surface area contributed by atoms with Crippen molar-refractivity contribution in [2.24, 2.45) is 11.8 Å². The summed E-state index contributed by atoms with van der Waals surface area (Å²) in [4.78, 5) is 23.9. The lowest BCUT2D eigenvalue weighted by Crippen LogP contribution is -2.56. The normalized spacial score (nSPS) is 24.8. The molecule has 0 aromatic heterocycles. The van der Waals surface area contributed by atoms with Crippen LogP contribution in [0.25, 0.3) is 0 Å². The van der Waals surface area contributed by atoms with Gasteiger partial charge < -0.3 is 0 Å². The van der Waals surface area contributed by atoms with Gasteiger partial charge in [-0.05, 0) is 12.8 Å². The van der Waals surface area contributed by atoms with Crippen molar-refractivity contribution in [2.75, 3.05) is 0 Å². The molecular formula is C12H10F9NO6S. The van der Waals surface area contributed by atoms with Crippen molar-refractivity contribution in [3.8, 4) is 0 Å². The number of nitrogens with zero attached hydrogens (tertiary/aromatic N) is 1. The maximum absolute atomic E-state index is 13.6. The summed E-state index contributed by atoms with van der Waals surface area (Å²) in [6.45, 7) is 0. The molecule has 2 atom stereocenters. The number of hydrogen-bond acceptors (Lipinski definition) is 6. The van der Waals surface area contributed by atoms with Crippen LogP contribution in [-0.4, -0.2) is 48.9 Å². The first kappa shape index (κ1) is 23.7. The van der Waals surface area contributed by atoms with Crippen molar-refractivity contribution >= 4 is 21.9 Å². The Labute approximate surface area is 155 Å². The molecule has 0 spiro atoms. The molecule has 2 amide bonds. The summed E-state index contributed by atoms with van der Waals surface area (Å²) in [5.41, 5.74) is 0. The summed E-state index contributed by atoms with van der Waals surface area (Å²) in [7, 11) is -7.15. The molecular weight excluding hydrogens is 457 g/mol. The number of alkyl halides is 9. The number of imide groups is 1. The molecule has 17 heteroatoms. The van der Waals surface area contributed by atoms with E-state index >= 15 is 0 Å². The van der Waals surface area contributed by atoms with Crippen LogP contribution in [0.15, 0.2) is 0 Å². The van der Waals surface area contributed by atoms with Crippen LogP contribution in [0.1, 0.15) is 25.7 Å². The Balaban J connectivity index is 2.29. The molecule has 0 radical (unpaired) electrons. The van der Waals surface area contributed by atoms with E-state index in [0.717, 1.165) is 0 Å². The Morgan fingerprint density at radius 2 is 1.21 bits per heavy atom. The number of amides is 2. The third-order valence-electron chi connectivity index (χ3n) is 4.21. The van der Waals surface area contributed by atoms with Gasteiger partial charge in [-0.3, -0.25) is 9.59 Å². The minimum absolute atomic E-state index is 0.0304. The molecule has 29 heavy (non-hydrogen) atoms. The van der Waals surface area contributed by atoms with Crippen molar-refractivity contribution in [1.82, 2.24) is 5.06 Å². The molecule has 2 fully saturated rings. The van der Waals surface area contributed by atoms with Crippen LogP contribution in [0.2, 0.25) is 0 Å². The maximum Gasteiger partial charge on any atom is 0.483 e. The zero-order valence-corrected chi connectivity index (χ0v) is 14.5. The Morgan fingerprint density at radius 3 is 1.59 bits per heavy atom. The van der Waals surface area contributed by atoms with Gasteiger partial charge in [0.05, 0.1) is 11.8 Å². The molecule has 2 aliphatic rings.